The summed E-state index contributed by atoms with van der Waals surface area (Å²) in [6.07, 6.45) is 5.57. The molecule has 2 N–H and O–H groups in total. The summed E-state index contributed by atoms with van der Waals surface area (Å²) in [5.74, 6) is 0. The van der Waals surface area contributed by atoms with E-state index in [0.29, 0.717) is 6.54 Å². The Kier molecular flexibility index (Phi) is 2.96. The van der Waals surface area contributed by atoms with Crippen LogP contribution in [0.1, 0.15) is 25.7 Å². The number of hydrogen-bond donors (Lipinski definition) is 2. The monoisotopic (exact) mass is 224 g/mol. The summed E-state index contributed by atoms with van der Waals surface area (Å²) < 4.78 is 1.48. The van der Waals surface area contributed by atoms with Crippen LogP contribution in [0.25, 0.3) is 0 Å². The van der Waals surface area contributed by atoms with Crippen molar-refractivity contribution in [1.29, 1.82) is 0 Å². The van der Waals surface area contributed by atoms with Gasteiger partial charge in [-0.1, -0.05) is 12.8 Å². The Labute approximate surface area is 92.7 Å². The number of aliphatic hydroxyl groups excluding tert-OH is 1. The Balaban J connectivity index is 2.26. The first-order valence-electron chi connectivity index (χ1n) is 5.56. The minimum absolute atomic E-state index is 0.0958. The molecule has 16 heavy (non-hydrogen) atoms. The van der Waals surface area contributed by atoms with Crippen molar-refractivity contribution in [3.05, 3.63) is 33.1 Å². The molecule has 5 nitrogen and oxygen atoms in total. The number of hydrogen-bond acceptors (Lipinski definition) is 3. The second-order valence-electron chi connectivity index (χ2n) is 4.60. The van der Waals surface area contributed by atoms with Crippen molar-refractivity contribution in [2.24, 2.45) is 5.41 Å². The second-order valence-corrected chi connectivity index (χ2v) is 4.60. The van der Waals surface area contributed by atoms with Gasteiger partial charge in [0.25, 0.3) is 5.56 Å². The third-order valence-electron chi connectivity index (χ3n) is 3.40. The molecule has 0 bridgehead atoms. The lowest BCUT2D eigenvalue weighted by Gasteiger charge is -2.26. The van der Waals surface area contributed by atoms with Crippen LogP contribution < -0.4 is 11.2 Å². The summed E-state index contributed by atoms with van der Waals surface area (Å²) in [6, 6.07) is 1.33. The molecule has 1 aliphatic carbocycles. The highest BCUT2D eigenvalue weighted by Gasteiger charge is 2.33. The SMILES string of the molecule is O=c1ccn(CC2(CO)CCCC2)c(=O)[nH]1. The van der Waals surface area contributed by atoms with Gasteiger partial charge >= 0.3 is 5.69 Å². The van der Waals surface area contributed by atoms with Crippen LogP contribution in [0, 0.1) is 5.41 Å². The molecule has 1 aliphatic rings. The van der Waals surface area contributed by atoms with E-state index >= 15 is 0 Å². The van der Waals surface area contributed by atoms with Gasteiger partial charge < -0.3 is 5.11 Å². The highest BCUT2D eigenvalue weighted by Crippen LogP contribution is 2.38. The van der Waals surface area contributed by atoms with Gasteiger partial charge in [0.1, 0.15) is 0 Å². The molecule has 1 aromatic rings. The zero-order chi connectivity index (χ0) is 11.6. The van der Waals surface area contributed by atoms with Crippen LogP contribution in [-0.2, 0) is 6.54 Å². The van der Waals surface area contributed by atoms with Crippen LogP contribution in [0.5, 0.6) is 0 Å². The molecule has 1 fully saturated rings. The summed E-state index contributed by atoms with van der Waals surface area (Å²) in [6.45, 7) is 0.581. The smallest absolute Gasteiger partial charge is 0.328 e. The molecule has 0 amide bonds. The van der Waals surface area contributed by atoms with Crippen LogP contribution >= 0.6 is 0 Å². The molecule has 88 valence electrons. The molecule has 0 radical (unpaired) electrons. The topological polar surface area (TPSA) is 75.1 Å². The lowest BCUT2D eigenvalue weighted by atomic mass is 9.87. The summed E-state index contributed by atoms with van der Waals surface area (Å²) >= 11 is 0. The molecular formula is C11H16N2O3. The van der Waals surface area contributed by atoms with E-state index in [0.717, 1.165) is 25.7 Å². The van der Waals surface area contributed by atoms with Crippen molar-refractivity contribution in [3.63, 3.8) is 0 Å². The number of aliphatic hydroxyl groups is 1. The summed E-state index contributed by atoms with van der Waals surface area (Å²) in [5.41, 5.74) is -0.958. The maximum absolute atomic E-state index is 11.5. The molecule has 1 heterocycles. The van der Waals surface area contributed by atoms with Crippen LogP contribution in [-0.4, -0.2) is 21.3 Å². The van der Waals surface area contributed by atoms with Crippen molar-refractivity contribution >= 4 is 0 Å². The van der Waals surface area contributed by atoms with E-state index in [2.05, 4.69) is 4.98 Å². The highest BCUT2D eigenvalue weighted by molar-refractivity contribution is 4.89. The molecule has 0 saturated heterocycles. The van der Waals surface area contributed by atoms with Crippen LogP contribution in [0.3, 0.4) is 0 Å². The molecule has 1 saturated carbocycles. The van der Waals surface area contributed by atoms with Gasteiger partial charge in [0.05, 0.1) is 6.61 Å². The van der Waals surface area contributed by atoms with Gasteiger partial charge in [-0.3, -0.25) is 14.3 Å². The number of rotatable bonds is 3. The standard InChI is InChI=1S/C11H16N2O3/c14-8-11(4-1-2-5-11)7-13-6-3-9(15)12-10(13)16/h3,6,14H,1-2,4-5,7-8H2,(H,12,15,16). The predicted octanol–water partition coefficient (Wildman–Crippen LogP) is 0.0893. The number of aromatic nitrogens is 2. The van der Waals surface area contributed by atoms with E-state index in [1.807, 2.05) is 0 Å². The van der Waals surface area contributed by atoms with E-state index in [1.165, 1.54) is 16.8 Å². The van der Waals surface area contributed by atoms with Gasteiger partial charge in [-0.2, -0.15) is 0 Å². The highest BCUT2D eigenvalue weighted by atomic mass is 16.3. The Hall–Kier alpha value is -1.36. The first-order chi connectivity index (χ1) is 7.65. The first-order valence-corrected chi connectivity index (χ1v) is 5.56. The van der Waals surface area contributed by atoms with E-state index in [4.69, 9.17) is 0 Å². The van der Waals surface area contributed by atoms with E-state index in [1.54, 1.807) is 0 Å². The Morgan fingerprint density at radius 1 is 1.38 bits per heavy atom. The van der Waals surface area contributed by atoms with Gasteiger partial charge in [-0.05, 0) is 12.8 Å². The zero-order valence-electron chi connectivity index (χ0n) is 9.11. The summed E-state index contributed by atoms with van der Waals surface area (Å²) in [7, 11) is 0. The molecule has 0 spiro atoms. The fourth-order valence-corrected chi connectivity index (χ4v) is 2.42. The lowest BCUT2D eigenvalue weighted by Crippen LogP contribution is -2.36. The first kappa shape index (κ1) is 11.1. The van der Waals surface area contributed by atoms with Gasteiger partial charge in [0.2, 0.25) is 0 Å². The molecule has 0 atom stereocenters. The minimum atomic E-state index is -0.396. The van der Waals surface area contributed by atoms with Gasteiger partial charge in [-0.15, -0.1) is 0 Å². The molecule has 1 aromatic heterocycles. The van der Waals surface area contributed by atoms with Crippen molar-refractivity contribution in [3.8, 4) is 0 Å². The number of H-pyrrole nitrogens is 1. The van der Waals surface area contributed by atoms with Gasteiger partial charge in [0.15, 0.2) is 0 Å². The fraction of sp³-hybridized carbons (Fsp3) is 0.636. The maximum atomic E-state index is 11.5. The summed E-state index contributed by atoms with van der Waals surface area (Å²) in [5, 5.41) is 9.44. The average Bonchev–Trinajstić information content (AvgIpc) is 2.72. The van der Waals surface area contributed by atoms with Crippen molar-refractivity contribution in [2.75, 3.05) is 6.61 Å². The Morgan fingerprint density at radius 2 is 2.06 bits per heavy atom. The Morgan fingerprint density at radius 3 is 2.62 bits per heavy atom. The average molecular weight is 224 g/mol. The van der Waals surface area contributed by atoms with Crippen LogP contribution in [0.15, 0.2) is 21.9 Å². The molecule has 2 rings (SSSR count). The molecular weight excluding hydrogens is 208 g/mol. The number of nitrogens with one attached hydrogen (secondary N) is 1. The van der Waals surface area contributed by atoms with Crippen LogP contribution in [0.4, 0.5) is 0 Å². The Bertz CT molecular complexity index is 469. The fourth-order valence-electron chi connectivity index (χ4n) is 2.42. The van der Waals surface area contributed by atoms with Crippen molar-refractivity contribution in [1.82, 2.24) is 9.55 Å². The third-order valence-corrected chi connectivity index (χ3v) is 3.40. The molecule has 0 unspecified atom stereocenters. The molecule has 0 aromatic carbocycles. The maximum Gasteiger partial charge on any atom is 0.328 e. The zero-order valence-corrected chi connectivity index (χ0v) is 9.11. The second kappa shape index (κ2) is 4.25. The van der Waals surface area contributed by atoms with Crippen LogP contribution in [0.2, 0.25) is 0 Å². The van der Waals surface area contributed by atoms with E-state index < -0.39 is 5.69 Å². The van der Waals surface area contributed by atoms with E-state index in [9.17, 15) is 14.7 Å². The number of aromatic amines is 1. The minimum Gasteiger partial charge on any atom is -0.396 e. The van der Waals surface area contributed by atoms with Crippen molar-refractivity contribution < 1.29 is 5.11 Å². The number of nitrogens with zero attached hydrogens (tertiary/aromatic N) is 1. The van der Waals surface area contributed by atoms with Gasteiger partial charge in [0, 0.05) is 24.2 Å². The van der Waals surface area contributed by atoms with Gasteiger partial charge in [-0.25, -0.2) is 4.79 Å². The van der Waals surface area contributed by atoms with E-state index in [-0.39, 0.29) is 17.6 Å². The van der Waals surface area contributed by atoms with Crippen molar-refractivity contribution in [2.45, 2.75) is 32.2 Å². The normalized spacial score (nSPS) is 18.8. The largest absolute Gasteiger partial charge is 0.396 e. The quantitative estimate of drug-likeness (QED) is 0.764. The molecule has 5 heteroatoms. The summed E-state index contributed by atoms with van der Waals surface area (Å²) in [4.78, 5) is 24.6. The lowest BCUT2D eigenvalue weighted by molar-refractivity contribution is 0.109. The predicted molar refractivity (Wildman–Crippen MR) is 59.3 cm³/mol. The molecule has 0 aliphatic heterocycles. The third kappa shape index (κ3) is 2.09.